The SMILES string of the molecule is CCc1ncnc(N[C@@H](C)COc2nc(Cl)c(Cl)cc2Cl)c1Cl. The van der Waals surface area contributed by atoms with Gasteiger partial charge in [0.2, 0.25) is 5.88 Å². The highest BCUT2D eigenvalue weighted by molar-refractivity contribution is 6.42. The molecule has 0 bridgehead atoms. The standard InChI is InChI=1S/C14H14Cl4N4O/c1-3-10-11(17)13(20-6-19-10)21-7(2)5-23-14-9(16)4-8(15)12(18)22-14/h4,6-7H,3,5H2,1-2H3,(H,19,20,21)/t7-/m0/s1. The average molecular weight is 396 g/mol. The Morgan fingerprint density at radius 3 is 2.61 bits per heavy atom. The Balaban J connectivity index is 2.01. The first-order valence-corrected chi connectivity index (χ1v) is 8.33. The number of nitrogens with zero attached hydrogens (tertiary/aromatic N) is 3. The van der Waals surface area contributed by atoms with E-state index in [0.29, 0.717) is 15.9 Å². The van der Waals surface area contributed by atoms with Crippen LogP contribution in [0, 0.1) is 0 Å². The molecule has 1 N–H and O–H groups in total. The van der Waals surface area contributed by atoms with Gasteiger partial charge >= 0.3 is 0 Å². The molecule has 9 heteroatoms. The van der Waals surface area contributed by atoms with Gasteiger partial charge in [-0.1, -0.05) is 53.3 Å². The summed E-state index contributed by atoms with van der Waals surface area (Å²) in [6, 6.07) is 1.39. The number of hydrogen-bond acceptors (Lipinski definition) is 5. The van der Waals surface area contributed by atoms with E-state index in [4.69, 9.17) is 51.1 Å². The van der Waals surface area contributed by atoms with E-state index in [2.05, 4.69) is 20.3 Å². The molecular weight excluding hydrogens is 382 g/mol. The third-order valence-electron chi connectivity index (χ3n) is 2.90. The van der Waals surface area contributed by atoms with Crippen LogP contribution in [0.1, 0.15) is 19.5 Å². The molecule has 2 aromatic rings. The van der Waals surface area contributed by atoms with Crippen LogP contribution in [0.4, 0.5) is 5.82 Å². The summed E-state index contributed by atoms with van der Waals surface area (Å²) in [6.07, 6.45) is 2.20. The van der Waals surface area contributed by atoms with Crippen LogP contribution in [-0.4, -0.2) is 27.6 Å². The fourth-order valence-electron chi connectivity index (χ4n) is 1.76. The lowest BCUT2D eigenvalue weighted by Crippen LogP contribution is -2.24. The van der Waals surface area contributed by atoms with Gasteiger partial charge in [0.1, 0.15) is 28.8 Å². The quantitative estimate of drug-likeness (QED) is 0.702. The zero-order valence-corrected chi connectivity index (χ0v) is 15.4. The number of halogens is 4. The topological polar surface area (TPSA) is 59.9 Å². The molecule has 0 fully saturated rings. The fourth-order valence-corrected chi connectivity index (χ4v) is 2.59. The Hall–Kier alpha value is -1.01. The summed E-state index contributed by atoms with van der Waals surface area (Å²) in [5.41, 5.74) is 0.784. The van der Waals surface area contributed by atoms with Gasteiger partial charge in [0.15, 0.2) is 5.15 Å². The number of rotatable bonds is 6. The predicted octanol–water partition coefficient (Wildman–Crippen LogP) is 4.93. The largest absolute Gasteiger partial charge is 0.474 e. The van der Waals surface area contributed by atoms with Crippen LogP contribution in [0.15, 0.2) is 12.4 Å². The maximum Gasteiger partial charge on any atom is 0.234 e. The second-order valence-corrected chi connectivity index (χ2v) is 6.29. The van der Waals surface area contributed by atoms with Crippen molar-refractivity contribution < 1.29 is 4.74 Å². The van der Waals surface area contributed by atoms with Crippen LogP contribution in [0.3, 0.4) is 0 Å². The molecule has 0 aliphatic rings. The van der Waals surface area contributed by atoms with Gasteiger partial charge in [-0.25, -0.2) is 9.97 Å². The summed E-state index contributed by atoms with van der Waals surface area (Å²) < 4.78 is 5.57. The minimum absolute atomic E-state index is 0.0978. The highest BCUT2D eigenvalue weighted by Crippen LogP contribution is 2.30. The predicted molar refractivity (Wildman–Crippen MR) is 94.3 cm³/mol. The summed E-state index contributed by atoms with van der Waals surface area (Å²) in [6.45, 7) is 4.17. The van der Waals surface area contributed by atoms with Crippen molar-refractivity contribution in [3.8, 4) is 5.88 Å². The molecule has 2 heterocycles. The van der Waals surface area contributed by atoms with Gasteiger partial charge in [-0.2, -0.15) is 4.98 Å². The first-order chi connectivity index (χ1) is 10.9. The molecule has 0 aromatic carbocycles. The van der Waals surface area contributed by atoms with Crippen molar-refractivity contribution >= 4 is 52.2 Å². The third kappa shape index (κ3) is 4.73. The monoisotopic (exact) mass is 394 g/mol. The number of pyridine rings is 1. The summed E-state index contributed by atoms with van der Waals surface area (Å²) in [7, 11) is 0. The van der Waals surface area contributed by atoms with E-state index in [1.807, 2.05) is 13.8 Å². The number of ether oxygens (including phenoxy) is 1. The maximum atomic E-state index is 6.24. The normalized spacial score (nSPS) is 12.1. The van der Waals surface area contributed by atoms with Gasteiger partial charge in [0.05, 0.1) is 16.8 Å². The Labute approximate surface area is 154 Å². The molecule has 2 rings (SSSR count). The summed E-state index contributed by atoms with van der Waals surface area (Å²) >= 11 is 23.9. The maximum absolute atomic E-state index is 6.24. The molecule has 0 saturated carbocycles. The number of nitrogens with one attached hydrogen (secondary N) is 1. The zero-order valence-electron chi connectivity index (χ0n) is 12.4. The molecule has 0 aliphatic carbocycles. The number of hydrogen-bond donors (Lipinski definition) is 1. The highest BCUT2D eigenvalue weighted by atomic mass is 35.5. The van der Waals surface area contributed by atoms with Gasteiger partial charge in [0, 0.05) is 0 Å². The average Bonchev–Trinajstić information content (AvgIpc) is 2.51. The second kappa shape index (κ2) is 8.20. The van der Waals surface area contributed by atoms with E-state index < -0.39 is 0 Å². The van der Waals surface area contributed by atoms with E-state index >= 15 is 0 Å². The van der Waals surface area contributed by atoms with E-state index in [9.17, 15) is 0 Å². The van der Waals surface area contributed by atoms with E-state index in [1.54, 1.807) is 0 Å². The van der Waals surface area contributed by atoms with Crippen molar-refractivity contribution in [3.05, 3.63) is 38.3 Å². The van der Waals surface area contributed by atoms with Crippen molar-refractivity contribution in [2.75, 3.05) is 11.9 Å². The van der Waals surface area contributed by atoms with Crippen LogP contribution < -0.4 is 10.1 Å². The van der Waals surface area contributed by atoms with Gasteiger partial charge in [0.25, 0.3) is 0 Å². The molecular formula is C14H14Cl4N4O. The summed E-state index contributed by atoms with van der Waals surface area (Å²) in [5, 5.41) is 4.37. The lowest BCUT2D eigenvalue weighted by atomic mass is 10.3. The Morgan fingerprint density at radius 2 is 1.91 bits per heavy atom. The summed E-state index contributed by atoms with van der Waals surface area (Å²) in [4.78, 5) is 12.3. The molecule has 0 amide bonds. The van der Waals surface area contributed by atoms with E-state index in [-0.39, 0.29) is 28.7 Å². The first-order valence-electron chi connectivity index (χ1n) is 6.82. The van der Waals surface area contributed by atoms with Crippen LogP contribution in [0.25, 0.3) is 0 Å². The highest BCUT2D eigenvalue weighted by Gasteiger charge is 2.13. The van der Waals surface area contributed by atoms with Crippen molar-refractivity contribution in [2.45, 2.75) is 26.3 Å². The third-order valence-corrected chi connectivity index (χ3v) is 4.25. The molecule has 124 valence electrons. The molecule has 1 atom stereocenters. The number of anilines is 1. The lowest BCUT2D eigenvalue weighted by molar-refractivity contribution is 0.292. The van der Waals surface area contributed by atoms with E-state index in [1.165, 1.54) is 12.4 Å². The minimum atomic E-state index is -0.0978. The smallest absolute Gasteiger partial charge is 0.234 e. The molecule has 0 spiro atoms. The van der Waals surface area contributed by atoms with Crippen LogP contribution in [0.5, 0.6) is 5.88 Å². The second-order valence-electron chi connectivity index (χ2n) is 4.74. The van der Waals surface area contributed by atoms with Gasteiger partial charge in [-0.05, 0) is 19.4 Å². The lowest BCUT2D eigenvalue weighted by Gasteiger charge is -2.17. The van der Waals surface area contributed by atoms with Gasteiger partial charge in [-0.15, -0.1) is 0 Å². The summed E-state index contributed by atoms with van der Waals surface area (Å²) in [5.74, 6) is 0.778. The Bertz CT molecular complexity index is 699. The fraction of sp³-hybridized carbons (Fsp3) is 0.357. The Morgan fingerprint density at radius 1 is 1.17 bits per heavy atom. The Kier molecular flexibility index (Phi) is 6.53. The van der Waals surface area contributed by atoms with Crippen molar-refractivity contribution in [2.24, 2.45) is 0 Å². The van der Waals surface area contributed by atoms with E-state index in [0.717, 1.165) is 12.1 Å². The number of aryl methyl sites for hydroxylation is 1. The molecule has 23 heavy (non-hydrogen) atoms. The van der Waals surface area contributed by atoms with Gasteiger partial charge < -0.3 is 10.1 Å². The molecule has 5 nitrogen and oxygen atoms in total. The van der Waals surface area contributed by atoms with Gasteiger partial charge in [-0.3, -0.25) is 0 Å². The molecule has 0 aliphatic heterocycles. The van der Waals surface area contributed by atoms with Crippen LogP contribution in [0.2, 0.25) is 20.2 Å². The minimum Gasteiger partial charge on any atom is -0.474 e. The molecule has 0 radical (unpaired) electrons. The zero-order chi connectivity index (χ0) is 17.0. The van der Waals surface area contributed by atoms with Crippen LogP contribution in [-0.2, 0) is 6.42 Å². The molecule has 0 unspecified atom stereocenters. The van der Waals surface area contributed by atoms with Crippen molar-refractivity contribution in [1.82, 2.24) is 15.0 Å². The first kappa shape index (κ1) is 18.3. The van der Waals surface area contributed by atoms with Crippen molar-refractivity contribution in [3.63, 3.8) is 0 Å². The van der Waals surface area contributed by atoms with Crippen LogP contribution >= 0.6 is 46.4 Å². The molecule has 2 aromatic heterocycles. The van der Waals surface area contributed by atoms with Crippen molar-refractivity contribution in [1.29, 1.82) is 0 Å². The number of aromatic nitrogens is 3. The molecule has 0 saturated heterocycles.